The highest BCUT2D eigenvalue weighted by Gasteiger charge is 1.96. The van der Waals surface area contributed by atoms with Crippen LogP contribution in [0.4, 0.5) is 4.39 Å². The van der Waals surface area contributed by atoms with Crippen LogP contribution in [0.15, 0.2) is 24.3 Å². The average molecular weight is 195 g/mol. The Hall–Kier alpha value is -0.890. The number of benzene rings is 1. The van der Waals surface area contributed by atoms with E-state index in [1.165, 1.54) is 17.7 Å². The molecule has 1 nitrogen and oxygen atoms in total. The van der Waals surface area contributed by atoms with Crippen molar-refractivity contribution in [3.8, 4) is 0 Å². The molecule has 2 heteroatoms. The maximum atomic E-state index is 12.6. The molecule has 0 bridgehead atoms. The van der Waals surface area contributed by atoms with Gasteiger partial charge in [0, 0.05) is 6.04 Å². The van der Waals surface area contributed by atoms with Gasteiger partial charge in [-0.3, -0.25) is 0 Å². The fourth-order valence-electron chi connectivity index (χ4n) is 1.45. The molecule has 0 fully saturated rings. The second-order valence-electron chi connectivity index (χ2n) is 3.85. The Balaban J connectivity index is 2.21. The van der Waals surface area contributed by atoms with Gasteiger partial charge in [0.2, 0.25) is 0 Å². The number of unbranched alkanes of at least 4 members (excludes halogenated alkanes) is 1. The third kappa shape index (κ3) is 4.38. The number of hydrogen-bond acceptors (Lipinski definition) is 1. The van der Waals surface area contributed by atoms with Crippen LogP contribution in [0.5, 0.6) is 0 Å². The molecule has 1 unspecified atom stereocenters. The topological polar surface area (TPSA) is 26.0 Å². The van der Waals surface area contributed by atoms with E-state index in [-0.39, 0.29) is 5.82 Å². The summed E-state index contributed by atoms with van der Waals surface area (Å²) in [4.78, 5) is 0. The van der Waals surface area contributed by atoms with Crippen molar-refractivity contribution < 1.29 is 4.39 Å². The second kappa shape index (κ2) is 5.76. The van der Waals surface area contributed by atoms with Crippen molar-refractivity contribution in [2.75, 3.05) is 0 Å². The van der Waals surface area contributed by atoms with E-state index in [2.05, 4.69) is 0 Å². The molecular weight excluding hydrogens is 177 g/mol. The lowest BCUT2D eigenvalue weighted by Crippen LogP contribution is -2.14. The summed E-state index contributed by atoms with van der Waals surface area (Å²) >= 11 is 0. The molecule has 1 aromatic carbocycles. The SMILES string of the molecule is CC(N)CCCCc1ccc(F)cc1. The van der Waals surface area contributed by atoms with Crippen molar-refractivity contribution in [3.05, 3.63) is 35.6 Å². The van der Waals surface area contributed by atoms with Crippen LogP contribution in [0, 0.1) is 5.82 Å². The summed E-state index contributed by atoms with van der Waals surface area (Å²) in [6.07, 6.45) is 4.37. The van der Waals surface area contributed by atoms with Crippen LogP contribution in [0.3, 0.4) is 0 Å². The van der Waals surface area contributed by atoms with Crippen LogP contribution >= 0.6 is 0 Å². The summed E-state index contributed by atoms with van der Waals surface area (Å²) in [7, 11) is 0. The first-order chi connectivity index (χ1) is 6.68. The first-order valence-electron chi connectivity index (χ1n) is 5.18. The van der Waals surface area contributed by atoms with Gasteiger partial charge in [-0.2, -0.15) is 0 Å². The Morgan fingerprint density at radius 1 is 1.21 bits per heavy atom. The van der Waals surface area contributed by atoms with Gasteiger partial charge in [0.15, 0.2) is 0 Å². The molecule has 14 heavy (non-hydrogen) atoms. The van der Waals surface area contributed by atoms with Crippen molar-refractivity contribution in [1.29, 1.82) is 0 Å². The number of halogens is 1. The van der Waals surface area contributed by atoms with Gasteiger partial charge in [-0.15, -0.1) is 0 Å². The Morgan fingerprint density at radius 2 is 1.86 bits per heavy atom. The molecule has 0 radical (unpaired) electrons. The Morgan fingerprint density at radius 3 is 2.43 bits per heavy atom. The molecule has 0 saturated heterocycles. The fraction of sp³-hybridized carbons (Fsp3) is 0.500. The molecule has 78 valence electrons. The minimum absolute atomic E-state index is 0.163. The van der Waals surface area contributed by atoms with Gasteiger partial charge in [0.1, 0.15) is 5.82 Å². The number of rotatable bonds is 5. The first kappa shape index (κ1) is 11.2. The van der Waals surface area contributed by atoms with Crippen molar-refractivity contribution in [2.45, 2.75) is 38.6 Å². The normalized spacial score (nSPS) is 12.8. The van der Waals surface area contributed by atoms with Gasteiger partial charge < -0.3 is 5.73 Å². The van der Waals surface area contributed by atoms with Gasteiger partial charge in [-0.25, -0.2) is 4.39 Å². The highest BCUT2D eigenvalue weighted by molar-refractivity contribution is 5.15. The summed E-state index contributed by atoms with van der Waals surface area (Å²) in [6.45, 7) is 2.03. The molecule has 0 saturated carbocycles. The van der Waals surface area contributed by atoms with Gasteiger partial charge in [0.05, 0.1) is 0 Å². The van der Waals surface area contributed by atoms with E-state index in [4.69, 9.17) is 5.73 Å². The third-order valence-corrected chi connectivity index (χ3v) is 2.29. The van der Waals surface area contributed by atoms with Crippen LogP contribution in [0.2, 0.25) is 0 Å². The molecular formula is C12H18FN. The average Bonchev–Trinajstić information content (AvgIpc) is 2.15. The van der Waals surface area contributed by atoms with E-state index >= 15 is 0 Å². The molecule has 1 rings (SSSR count). The lowest BCUT2D eigenvalue weighted by atomic mass is 10.1. The summed E-state index contributed by atoms with van der Waals surface area (Å²) in [5, 5.41) is 0. The molecule has 0 aromatic heterocycles. The van der Waals surface area contributed by atoms with E-state index in [9.17, 15) is 4.39 Å². The molecule has 0 amide bonds. The Bertz CT molecular complexity index is 254. The Labute approximate surface area is 85.1 Å². The predicted octanol–water partition coefficient (Wildman–Crippen LogP) is 2.89. The monoisotopic (exact) mass is 195 g/mol. The van der Waals surface area contributed by atoms with Gasteiger partial charge >= 0.3 is 0 Å². The van der Waals surface area contributed by atoms with E-state index in [1.807, 2.05) is 19.1 Å². The number of aryl methyl sites for hydroxylation is 1. The molecule has 2 N–H and O–H groups in total. The zero-order chi connectivity index (χ0) is 10.4. The highest BCUT2D eigenvalue weighted by atomic mass is 19.1. The Kier molecular flexibility index (Phi) is 4.60. The summed E-state index contributed by atoms with van der Waals surface area (Å²) in [6, 6.07) is 7.02. The second-order valence-corrected chi connectivity index (χ2v) is 3.85. The predicted molar refractivity (Wildman–Crippen MR) is 57.6 cm³/mol. The van der Waals surface area contributed by atoms with E-state index in [0.29, 0.717) is 6.04 Å². The smallest absolute Gasteiger partial charge is 0.123 e. The molecule has 0 spiro atoms. The zero-order valence-electron chi connectivity index (χ0n) is 8.67. The minimum atomic E-state index is -0.163. The van der Waals surface area contributed by atoms with Crippen LogP contribution in [-0.2, 0) is 6.42 Å². The van der Waals surface area contributed by atoms with Crippen molar-refractivity contribution in [1.82, 2.24) is 0 Å². The van der Waals surface area contributed by atoms with E-state index < -0.39 is 0 Å². The summed E-state index contributed by atoms with van der Waals surface area (Å²) in [5.41, 5.74) is 6.85. The van der Waals surface area contributed by atoms with Crippen molar-refractivity contribution in [2.24, 2.45) is 5.73 Å². The lowest BCUT2D eigenvalue weighted by Gasteiger charge is -2.04. The summed E-state index contributed by atoms with van der Waals surface area (Å²) in [5.74, 6) is -0.163. The molecule has 0 aliphatic rings. The van der Waals surface area contributed by atoms with Crippen LogP contribution in [-0.4, -0.2) is 6.04 Å². The molecule has 0 aliphatic carbocycles. The standard InChI is InChI=1S/C12H18FN/c1-10(14)4-2-3-5-11-6-8-12(13)9-7-11/h6-10H,2-5,14H2,1H3. The van der Waals surface area contributed by atoms with Crippen LogP contribution in [0.1, 0.15) is 31.7 Å². The highest BCUT2D eigenvalue weighted by Crippen LogP contribution is 2.08. The number of hydrogen-bond donors (Lipinski definition) is 1. The molecule has 0 aliphatic heterocycles. The summed E-state index contributed by atoms with van der Waals surface area (Å²) < 4.78 is 12.6. The zero-order valence-corrected chi connectivity index (χ0v) is 8.67. The van der Waals surface area contributed by atoms with Crippen LogP contribution in [0.25, 0.3) is 0 Å². The maximum Gasteiger partial charge on any atom is 0.123 e. The van der Waals surface area contributed by atoms with Crippen LogP contribution < -0.4 is 5.73 Å². The van der Waals surface area contributed by atoms with E-state index in [1.54, 1.807) is 0 Å². The molecule has 1 aromatic rings. The maximum absolute atomic E-state index is 12.6. The molecule has 0 heterocycles. The van der Waals surface area contributed by atoms with E-state index in [0.717, 1.165) is 25.7 Å². The largest absolute Gasteiger partial charge is 0.328 e. The first-order valence-corrected chi connectivity index (χ1v) is 5.18. The van der Waals surface area contributed by atoms with Gasteiger partial charge in [-0.1, -0.05) is 18.6 Å². The van der Waals surface area contributed by atoms with Crippen molar-refractivity contribution in [3.63, 3.8) is 0 Å². The van der Waals surface area contributed by atoms with Gasteiger partial charge in [-0.05, 0) is 43.9 Å². The minimum Gasteiger partial charge on any atom is -0.328 e. The van der Waals surface area contributed by atoms with Crippen molar-refractivity contribution >= 4 is 0 Å². The molecule has 1 atom stereocenters. The van der Waals surface area contributed by atoms with Gasteiger partial charge in [0.25, 0.3) is 0 Å². The third-order valence-electron chi connectivity index (χ3n) is 2.29. The number of nitrogens with two attached hydrogens (primary N) is 1. The quantitative estimate of drug-likeness (QED) is 0.718. The fourth-order valence-corrected chi connectivity index (χ4v) is 1.45. The lowest BCUT2D eigenvalue weighted by molar-refractivity contribution is 0.596.